The zero-order chi connectivity index (χ0) is 16.5. The summed E-state index contributed by atoms with van der Waals surface area (Å²) in [5.74, 6) is 0.468. The second-order valence-electron chi connectivity index (χ2n) is 4.52. The quantitative estimate of drug-likeness (QED) is 0.790. The Labute approximate surface area is 134 Å². The van der Waals surface area contributed by atoms with Gasteiger partial charge in [-0.05, 0) is 31.2 Å². The van der Waals surface area contributed by atoms with Crippen LogP contribution in [0, 0.1) is 5.82 Å². The van der Waals surface area contributed by atoms with Crippen LogP contribution in [0.25, 0.3) is 0 Å². The number of ether oxygens (including phenoxy) is 3. The summed E-state index contributed by atoms with van der Waals surface area (Å²) < 4.78 is 29.6. The molecule has 5 nitrogen and oxygen atoms in total. The lowest BCUT2D eigenvalue weighted by atomic mass is 10.3. The smallest absolute Gasteiger partial charge is 0.407 e. The molecule has 1 amide bonds. The molecule has 23 heavy (non-hydrogen) atoms. The van der Waals surface area contributed by atoms with E-state index in [9.17, 15) is 9.18 Å². The molecule has 0 aliphatic rings. The number of hydrogen-bond donors (Lipinski definition) is 1. The fourth-order valence-electron chi connectivity index (χ4n) is 1.76. The van der Waals surface area contributed by atoms with E-state index >= 15 is 0 Å². The van der Waals surface area contributed by atoms with Crippen LogP contribution >= 0.6 is 0 Å². The van der Waals surface area contributed by atoms with Gasteiger partial charge in [0.15, 0.2) is 11.6 Å². The van der Waals surface area contributed by atoms with Crippen molar-refractivity contribution in [2.24, 2.45) is 0 Å². The molecule has 0 spiro atoms. The van der Waals surface area contributed by atoms with Crippen LogP contribution in [0.4, 0.5) is 9.18 Å². The van der Waals surface area contributed by atoms with Crippen molar-refractivity contribution < 1.29 is 23.4 Å². The van der Waals surface area contributed by atoms with Gasteiger partial charge in [0.05, 0.1) is 0 Å². The third kappa shape index (κ3) is 5.50. The predicted molar refractivity (Wildman–Crippen MR) is 83.4 cm³/mol. The first-order chi connectivity index (χ1) is 11.2. The van der Waals surface area contributed by atoms with Gasteiger partial charge < -0.3 is 19.5 Å². The minimum Gasteiger partial charge on any atom is -0.490 e. The van der Waals surface area contributed by atoms with Crippen molar-refractivity contribution in [3.8, 4) is 17.2 Å². The molecule has 2 rings (SSSR count). The molecule has 2 aromatic rings. The van der Waals surface area contributed by atoms with Gasteiger partial charge in [0.2, 0.25) is 0 Å². The van der Waals surface area contributed by atoms with E-state index in [-0.39, 0.29) is 19.0 Å². The maximum atomic E-state index is 14.0. The van der Waals surface area contributed by atoms with Crippen LogP contribution in [-0.2, 0) is 4.74 Å². The van der Waals surface area contributed by atoms with Gasteiger partial charge in [-0.1, -0.05) is 18.2 Å². The lowest BCUT2D eigenvalue weighted by Gasteiger charge is -2.10. The molecule has 0 aliphatic heterocycles. The maximum absolute atomic E-state index is 14.0. The van der Waals surface area contributed by atoms with E-state index in [0.29, 0.717) is 18.0 Å². The Kier molecular flexibility index (Phi) is 6.23. The molecule has 1 N–H and O–H groups in total. The topological polar surface area (TPSA) is 56.8 Å². The van der Waals surface area contributed by atoms with E-state index in [1.54, 1.807) is 37.3 Å². The highest BCUT2D eigenvalue weighted by Crippen LogP contribution is 2.27. The summed E-state index contributed by atoms with van der Waals surface area (Å²) in [6.45, 7) is 2.50. The molecule has 0 unspecified atom stereocenters. The van der Waals surface area contributed by atoms with E-state index in [1.807, 2.05) is 6.07 Å². The van der Waals surface area contributed by atoms with Crippen LogP contribution in [0.15, 0.2) is 48.5 Å². The number of hydrogen-bond acceptors (Lipinski definition) is 4. The molecule has 0 fully saturated rings. The zero-order valence-corrected chi connectivity index (χ0v) is 12.8. The van der Waals surface area contributed by atoms with Gasteiger partial charge in [-0.15, -0.1) is 0 Å². The molecular formula is C17H18FNO4. The lowest BCUT2D eigenvalue weighted by molar-refractivity contribution is 0.125. The zero-order valence-electron chi connectivity index (χ0n) is 12.8. The molecule has 0 heterocycles. The Balaban J connectivity index is 1.83. The van der Waals surface area contributed by atoms with Gasteiger partial charge in [0, 0.05) is 12.6 Å². The first-order valence-corrected chi connectivity index (χ1v) is 7.25. The minimum absolute atomic E-state index is 0.0791. The van der Waals surface area contributed by atoms with Crippen molar-refractivity contribution in [2.45, 2.75) is 6.92 Å². The monoisotopic (exact) mass is 319 g/mol. The van der Waals surface area contributed by atoms with Crippen LogP contribution in [0.5, 0.6) is 17.2 Å². The number of halogens is 1. The van der Waals surface area contributed by atoms with Crippen molar-refractivity contribution in [2.75, 3.05) is 19.8 Å². The van der Waals surface area contributed by atoms with Crippen LogP contribution in [-0.4, -0.2) is 25.9 Å². The van der Waals surface area contributed by atoms with Gasteiger partial charge in [0.25, 0.3) is 0 Å². The number of amides is 1. The summed E-state index contributed by atoms with van der Waals surface area (Å²) in [6, 6.07) is 13.2. The Hall–Kier alpha value is -2.76. The standard InChI is InChI=1S/C17H18FNO4/c1-2-19-17(20)22-11-10-21-14-8-9-16(15(18)12-14)23-13-6-4-3-5-7-13/h3-9,12H,2,10-11H2,1H3,(H,19,20). The molecule has 0 bridgehead atoms. The Morgan fingerprint density at radius 1 is 1.09 bits per heavy atom. The largest absolute Gasteiger partial charge is 0.490 e. The van der Waals surface area contributed by atoms with Crippen LogP contribution in [0.1, 0.15) is 6.92 Å². The van der Waals surface area contributed by atoms with Crippen molar-refractivity contribution in [3.05, 3.63) is 54.3 Å². The van der Waals surface area contributed by atoms with Crippen LogP contribution in [0.2, 0.25) is 0 Å². The molecular weight excluding hydrogens is 301 g/mol. The van der Waals surface area contributed by atoms with Gasteiger partial charge >= 0.3 is 6.09 Å². The number of carbonyl (C=O) groups excluding carboxylic acids is 1. The van der Waals surface area contributed by atoms with Crippen molar-refractivity contribution >= 4 is 6.09 Å². The Morgan fingerprint density at radius 3 is 2.57 bits per heavy atom. The SMILES string of the molecule is CCNC(=O)OCCOc1ccc(Oc2ccccc2)c(F)c1. The van der Waals surface area contributed by atoms with E-state index in [1.165, 1.54) is 12.1 Å². The number of alkyl carbamates (subject to hydrolysis) is 1. The molecule has 122 valence electrons. The number of para-hydroxylation sites is 1. The Bertz CT molecular complexity index is 634. The second-order valence-corrected chi connectivity index (χ2v) is 4.52. The molecule has 0 aromatic heterocycles. The summed E-state index contributed by atoms with van der Waals surface area (Å²) in [5.41, 5.74) is 0. The predicted octanol–water partition coefficient (Wildman–Crippen LogP) is 3.74. The third-order valence-corrected chi connectivity index (χ3v) is 2.78. The molecule has 2 aromatic carbocycles. The Morgan fingerprint density at radius 2 is 1.87 bits per heavy atom. The minimum atomic E-state index is -0.531. The van der Waals surface area contributed by atoms with Gasteiger partial charge in [-0.2, -0.15) is 0 Å². The molecule has 0 saturated carbocycles. The average molecular weight is 319 g/mol. The summed E-state index contributed by atoms with van der Waals surface area (Å²) in [5, 5.41) is 2.49. The van der Waals surface area contributed by atoms with Crippen LogP contribution < -0.4 is 14.8 Å². The van der Waals surface area contributed by atoms with E-state index in [2.05, 4.69) is 5.32 Å². The van der Waals surface area contributed by atoms with Gasteiger partial charge in [0.1, 0.15) is 24.7 Å². The lowest BCUT2D eigenvalue weighted by Crippen LogP contribution is -2.25. The summed E-state index contributed by atoms with van der Waals surface area (Å²) in [6.07, 6.45) is -0.506. The number of rotatable bonds is 7. The van der Waals surface area contributed by atoms with Gasteiger partial charge in [-0.25, -0.2) is 9.18 Å². The average Bonchev–Trinajstić information content (AvgIpc) is 2.55. The first kappa shape index (κ1) is 16.6. The first-order valence-electron chi connectivity index (χ1n) is 7.25. The molecule has 0 atom stereocenters. The molecule has 6 heteroatoms. The molecule has 0 radical (unpaired) electrons. The summed E-state index contributed by atoms with van der Waals surface area (Å²) in [7, 11) is 0. The van der Waals surface area contributed by atoms with Crippen molar-refractivity contribution in [1.82, 2.24) is 5.32 Å². The highest BCUT2D eigenvalue weighted by Gasteiger charge is 2.07. The van der Waals surface area contributed by atoms with E-state index in [4.69, 9.17) is 14.2 Å². The van der Waals surface area contributed by atoms with Crippen molar-refractivity contribution in [1.29, 1.82) is 0 Å². The van der Waals surface area contributed by atoms with E-state index in [0.717, 1.165) is 0 Å². The fourth-order valence-corrected chi connectivity index (χ4v) is 1.76. The van der Waals surface area contributed by atoms with E-state index < -0.39 is 11.9 Å². The van der Waals surface area contributed by atoms with Crippen LogP contribution in [0.3, 0.4) is 0 Å². The molecule has 0 saturated heterocycles. The highest BCUT2D eigenvalue weighted by molar-refractivity contribution is 5.66. The number of carbonyl (C=O) groups is 1. The summed E-state index contributed by atoms with van der Waals surface area (Å²) in [4.78, 5) is 11.1. The normalized spacial score (nSPS) is 10.0. The number of nitrogens with one attached hydrogen (secondary N) is 1. The fraction of sp³-hybridized carbons (Fsp3) is 0.235. The third-order valence-electron chi connectivity index (χ3n) is 2.78. The maximum Gasteiger partial charge on any atom is 0.407 e. The molecule has 0 aliphatic carbocycles. The highest BCUT2D eigenvalue weighted by atomic mass is 19.1. The van der Waals surface area contributed by atoms with Gasteiger partial charge in [-0.3, -0.25) is 0 Å². The summed E-state index contributed by atoms with van der Waals surface area (Å²) >= 11 is 0. The second kappa shape index (κ2) is 8.63. The number of benzene rings is 2. The van der Waals surface area contributed by atoms with Crippen molar-refractivity contribution in [3.63, 3.8) is 0 Å².